The van der Waals surface area contributed by atoms with Crippen molar-refractivity contribution in [3.63, 3.8) is 0 Å². The van der Waals surface area contributed by atoms with Crippen LogP contribution in [0.3, 0.4) is 0 Å². The van der Waals surface area contributed by atoms with Crippen molar-refractivity contribution in [1.29, 1.82) is 0 Å². The first-order chi connectivity index (χ1) is 5.60. The molecule has 3 N–H and O–H groups in total. The fourth-order valence-corrected chi connectivity index (χ4v) is 0.966. The van der Waals surface area contributed by atoms with E-state index in [2.05, 4.69) is 10.1 Å². The Kier molecular flexibility index (Phi) is 5.66. The number of nitrogens with one attached hydrogen (secondary N) is 1. The first kappa shape index (κ1) is 11.4. The summed E-state index contributed by atoms with van der Waals surface area (Å²) in [6.45, 7) is 4.48. The lowest BCUT2D eigenvalue weighted by Crippen LogP contribution is -2.41. The Labute approximate surface area is 73.5 Å². The van der Waals surface area contributed by atoms with Crippen molar-refractivity contribution < 1.29 is 9.53 Å². The molecule has 0 aromatic carbocycles. The van der Waals surface area contributed by atoms with Gasteiger partial charge in [0, 0.05) is 18.6 Å². The molecule has 4 heteroatoms. The lowest BCUT2D eigenvalue weighted by molar-refractivity contribution is -0.141. The molecule has 0 bridgehead atoms. The molecule has 1 unspecified atom stereocenters. The molecule has 0 aromatic heterocycles. The second-order valence-corrected chi connectivity index (χ2v) is 3.03. The summed E-state index contributed by atoms with van der Waals surface area (Å²) in [6, 6.07) is 0.362. The highest BCUT2D eigenvalue weighted by Gasteiger charge is 2.12. The predicted octanol–water partition coefficient (Wildman–Crippen LogP) is -0.125. The van der Waals surface area contributed by atoms with E-state index in [9.17, 15) is 4.79 Å². The number of nitrogens with two attached hydrogens (primary N) is 1. The minimum absolute atomic E-state index is 0.0254. The normalized spacial score (nSPS) is 13.1. The van der Waals surface area contributed by atoms with Crippen LogP contribution in [0.4, 0.5) is 0 Å². The molecule has 0 aromatic rings. The van der Waals surface area contributed by atoms with Crippen LogP contribution < -0.4 is 11.1 Å². The highest BCUT2D eigenvalue weighted by Crippen LogP contribution is 1.94. The summed E-state index contributed by atoms with van der Waals surface area (Å²) in [7, 11) is 1.38. The summed E-state index contributed by atoms with van der Waals surface area (Å²) < 4.78 is 4.53. The molecule has 72 valence electrons. The van der Waals surface area contributed by atoms with E-state index in [1.165, 1.54) is 7.11 Å². The van der Waals surface area contributed by atoms with E-state index in [0.29, 0.717) is 19.0 Å². The first-order valence-corrected chi connectivity index (χ1v) is 4.13. The Morgan fingerprint density at radius 3 is 2.50 bits per heavy atom. The van der Waals surface area contributed by atoms with Gasteiger partial charge in [0.1, 0.15) is 0 Å². The number of esters is 1. The van der Waals surface area contributed by atoms with Gasteiger partial charge in [-0.15, -0.1) is 0 Å². The lowest BCUT2D eigenvalue weighted by atomic mass is 10.2. The van der Waals surface area contributed by atoms with Gasteiger partial charge in [-0.25, -0.2) is 0 Å². The van der Waals surface area contributed by atoms with Gasteiger partial charge < -0.3 is 15.8 Å². The quantitative estimate of drug-likeness (QED) is 0.570. The van der Waals surface area contributed by atoms with Gasteiger partial charge in [-0.2, -0.15) is 0 Å². The maximum Gasteiger partial charge on any atom is 0.307 e. The number of ether oxygens (including phenoxy) is 1. The third-order valence-corrected chi connectivity index (χ3v) is 1.49. The molecular formula is C8H18N2O2. The molecule has 0 rings (SSSR count). The minimum atomic E-state index is -0.224. The zero-order chi connectivity index (χ0) is 9.56. The zero-order valence-electron chi connectivity index (χ0n) is 7.96. The Morgan fingerprint density at radius 1 is 1.58 bits per heavy atom. The van der Waals surface area contributed by atoms with Crippen LogP contribution >= 0.6 is 0 Å². The Morgan fingerprint density at radius 2 is 2.17 bits per heavy atom. The Hall–Kier alpha value is -0.610. The molecule has 4 nitrogen and oxygen atoms in total. The van der Waals surface area contributed by atoms with Crippen LogP contribution in [0.15, 0.2) is 0 Å². The van der Waals surface area contributed by atoms with Crippen molar-refractivity contribution in [3.05, 3.63) is 0 Å². The summed E-state index contributed by atoms with van der Waals surface area (Å²) in [5.41, 5.74) is 5.45. The third-order valence-electron chi connectivity index (χ3n) is 1.49. The molecule has 0 aliphatic heterocycles. The number of hydrogen-bond donors (Lipinski definition) is 2. The highest BCUT2D eigenvalue weighted by molar-refractivity contribution is 5.69. The second kappa shape index (κ2) is 5.97. The molecule has 12 heavy (non-hydrogen) atoms. The van der Waals surface area contributed by atoms with Crippen LogP contribution in [0.2, 0.25) is 0 Å². The van der Waals surface area contributed by atoms with Gasteiger partial charge in [0.25, 0.3) is 0 Å². The topological polar surface area (TPSA) is 64.3 Å². The van der Waals surface area contributed by atoms with E-state index in [-0.39, 0.29) is 12.0 Å². The van der Waals surface area contributed by atoms with Crippen LogP contribution in [-0.2, 0) is 9.53 Å². The molecule has 0 amide bonds. The monoisotopic (exact) mass is 174 g/mol. The van der Waals surface area contributed by atoms with Crippen molar-refractivity contribution in [3.8, 4) is 0 Å². The van der Waals surface area contributed by atoms with E-state index in [4.69, 9.17) is 5.73 Å². The lowest BCUT2D eigenvalue weighted by Gasteiger charge is -2.17. The fourth-order valence-electron chi connectivity index (χ4n) is 0.966. The van der Waals surface area contributed by atoms with Gasteiger partial charge in [0.05, 0.1) is 13.5 Å². The summed E-state index contributed by atoms with van der Waals surface area (Å²) in [4.78, 5) is 10.8. The molecule has 0 aliphatic rings. The summed E-state index contributed by atoms with van der Waals surface area (Å²) in [6.07, 6.45) is 0.338. The smallest absolute Gasteiger partial charge is 0.307 e. The molecule has 0 heterocycles. The number of hydrogen-bond acceptors (Lipinski definition) is 4. The van der Waals surface area contributed by atoms with Crippen LogP contribution in [0.25, 0.3) is 0 Å². The number of carbonyl (C=O) groups is 1. The second-order valence-electron chi connectivity index (χ2n) is 3.03. The Bertz CT molecular complexity index is 137. The minimum Gasteiger partial charge on any atom is -0.469 e. The van der Waals surface area contributed by atoms with Gasteiger partial charge >= 0.3 is 5.97 Å². The van der Waals surface area contributed by atoms with Crippen molar-refractivity contribution in [2.75, 3.05) is 13.7 Å². The summed E-state index contributed by atoms with van der Waals surface area (Å²) in [5.74, 6) is -0.224. The molecule has 0 aliphatic carbocycles. The van der Waals surface area contributed by atoms with E-state index in [1.54, 1.807) is 0 Å². The maximum atomic E-state index is 10.8. The SMILES string of the molecule is COC(=O)CC(CN)NC(C)C. The number of carbonyl (C=O) groups excluding carboxylic acids is 1. The van der Waals surface area contributed by atoms with Crippen molar-refractivity contribution in [2.45, 2.75) is 32.4 Å². The van der Waals surface area contributed by atoms with Crippen LogP contribution in [-0.4, -0.2) is 31.7 Å². The van der Waals surface area contributed by atoms with Crippen molar-refractivity contribution in [2.24, 2.45) is 5.73 Å². The predicted molar refractivity (Wildman–Crippen MR) is 47.7 cm³/mol. The standard InChI is InChI=1S/C8H18N2O2/c1-6(2)10-7(5-9)4-8(11)12-3/h6-7,10H,4-5,9H2,1-3H3. The first-order valence-electron chi connectivity index (χ1n) is 4.13. The molecule has 0 radical (unpaired) electrons. The van der Waals surface area contributed by atoms with Crippen molar-refractivity contribution in [1.82, 2.24) is 5.32 Å². The van der Waals surface area contributed by atoms with Gasteiger partial charge in [-0.05, 0) is 0 Å². The molecule has 1 atom stereocenters. The molecule has 0 saturated carbocycles. The van der Waals surface area contributed by atoms with Crippen LogP contribution in [0.5, 0.6) is 0 Å². The van der Waals surface area contributed by atoms with Gasteiger partial charge in [-0.1, -0.05) is 13.8 Å². The fraction of sp³-hybridized carbons (Fsp3) is 0.875. The Balaban J connectivity index is 3.74. The van der Waals surface area contributed by atoms with E-state index < -0.39 is 0 Å². The van der Waals surface area contributed by atoms with Gasteiger partial charge in [0.15, 0.2) is 0 Å². The zero-order valence-corrected chi connectivity index (χ0v) is 7.96. The summed E-state index contributed by atoms with van der Waals surface area (Å²) >= 11 is 0. The average molecular weight is 174 g/mol. The van der Waals surface area contributed by atoms with Gasteiger partial charge in [0.2, 0.25) is 0 Å². The van der Waals surface area contributed by atoms with E-state index in [1.807, 2.05) is 13.8 Å². The maximum absolute atomic E-state index is 10.8. The van der Waals surface area contributed by atoms with Crippen LogP contribution in [0, 0.1) is 0 Å². The van der Waals surface area contributed by atoms with Gasteiger partial charge in [-0.3, -0.25) is 4.79 Å². The molecular weight excluding hydrogens is 156 g/mol. The summed E-state index contributed by atoms with van der Waals surface area (Å²) in [5, 5.41) is 3.17. The number of rotatable bonds is 5. The van der Waals surface area contributed by atoms with E-state index in [0.717, 1.165) is 0 Å². The molecule has 0 spiro atoms. The highest BCUT2D eigenvalue weighted by atomic mass is 16.5. The largest absolute Gasteiger partial charge is 0.469 e. The third kappa shape index (κ3) is 5.09. The number of methoxy groups -OCH3 is 1. The van der Waals surface area contributed by atoms with Crippen molar-refractivity contribution >= 4 is 5.97 Å². The van der Waals surface area contributed by atoms with Crippen LogP contribution in [0.1, 0.15) is 20.3 Å². The molecule has 0 fully saturated rings. The molecule has 0 saturated heterocycles. The average Bonchev–Trinajstić information content (AvgIpc) is 2.02. The van der Waals surface area contributed by atoms with E-state index >= 15 is 0 Å².